The van der Waals surface area contributed by atoms with Gasteiger partial charge in [0.1, 0.15) is 5.82 Å². The number of Topliss-reactive ketones (excluding diaryl/α,β-unsaturated/α-hetero) is 1. The molecule has 5 heteroatoms. The third-order valence-corrected chi connectivity index (χ3v) is 3.68. The number of halogens is 2. The van der Waals surface area contributed by atoms with Gasteiger partial charge in [0.15, 0.2) is 5.78 Å². The van der Waals surface area contributed by atoms with Crippen molar-refractivity contribution in [2.75, 3.05) is 0 Å². The summed E-state index contributed by atoms with van der Waals surface area (Å²) in [5, 5.41) is 4.29. The van der Waals surface area contributed by atoms with Gasteiger partial charge in [-0.15, -0.1) is 0 Å². The van der Waals surface area contributed by atoms with Crippen LogP contribution in [0.3, 0.4) is 0 Å². The van der Waals surface area contributed by atoms with Crippen LogP contribution in [0.2, 0.25) is 0 Å². The van der Waals surface area contributed by atoms with Gasteiger partial charge in [-0.2, -0.15) is 5.10 Å². The predicted octanol–water partition coefficient (Wildman–Crippen LogP) is 3.54. The maximum absolute atomic E-state index is 13.4. The van der Waals surface area contributed by atoms with Crippen LogP contribution < -0.4 is 0 Å². The smallest absolute Gasteiger partial charge is 0.170 e. The van der Waals surface area contributed by atoms with Gasteiger partial charge >= 0.3 is 0 Å². The molecule has 100 valence electrons. The fraction of sp³-hybridized carbons (Fsp3) is 0.286. The minimum absolute atomic E-state index is 0.124. The van der Waals surface area contributed by atoms with Crippen LogP contribution >= 0.6 is 15.9 Å². The molecule has 3 nitrogen and oxygen atoms in total. The van der Waals surface area contributed by atoms with E-state index in [1.807, 2.05) is 19.9 Å². The van der Waals surface area contributed by atoms with Gasteiger partial charge in [0.25, 0.3) is 0 Å². The van der Waals surface area contributed by atoms with E-state index in [9.17, 15) is 9.18 Å². The van der Waals surface area contributed by atoms with E-state index in [0.717, 1.165) is 11.4 Å². The van der Waals surface area contributed by atoms with E-state index in [-0.39, 0.29) is 16.7 Å². The Balaban J connectivity index is 2.28. The van der Waals surface area contributed by atoms with Crippen LogP contribution in [0.1, 0.15) is 28.7 Å². The Hall–Kier alpha value is -1.49. The molecule has 0 spiro atoms. The molecular formula is C14H14BrFN2O. The molecule has 0 bridgehead atoms. The van der Waals surface area contributed by atoms with Gasteiger partial charge in [-0.3, -0.25) is 9.48 Å². The summed E-state index contributed by atoms with van der Waals surface area (Å²) in [7, 11) is 0. The van der Waals surface area contributed by atoms with E-state index >= 15 is 0 Å². The first kappa shape index (κ1) is 13.9. The number of ketones is 1. The van der Waals surface area contributed by atoms with E-state index in [1.165, 1.54) is 12.1 Å². The Labute approximate surface area is 119 Å². The standard InChI is InChI=1S/C14H14BrFN2O/c1-3-18-10(7-9(2)17-18)8-13(19)11-5-4-6-12(16)14(11)15/h4-7H,3,8H2,1-2H3. The average molecular weight is 325 g/mol. The SMILES string of the molecule is CCn1nc(C)cc1CC(=O)c1cccc(F)c1Br. The summed E-state index contributed by atoms with van der Waals surface area (Å²) in [4.78, 5) is 12.2. The lowest BCUT2D eigenvalue weighted by Gasteiger charge is -2.06. The van der Waals surface area contributed by atoms with Crippen LogP contribution in [0.15, 0.2) is 28.7 Å². The Morgan fingerprint density at radius 2 is 2.21 bits per heavy atom. The number of benzene rings is 1. The number of carbonyl (C=O) groups is 1. The molecule has 1 aromatic heterocycles. The molecule has 0 fully saturated rings. The minimum Gasteiger partial charge on any atom is -0.294 e. The monoisotopic (exact) mass is 324 g/mol. The Bertz CT molecular complexity index is 622. The van der Waals surface area contributed by atoms with E-state index in [2.05, 4.69) is 21.0 Å². The second-order valence-corrected chi connectivity index (χ2v) is 5.09. The Kier molecular flexibility index (Phi) is 4.14. The first-order valence-corrected chi connectivity index (χ1v) is 6.82. The molecule has 0 aliphatic rings. The molecule has 0 radical (unpaired) electrons. The first-order valence-electron chi connectivity index (χ1n) is 6.03. The minimum atomic E-state index is -0.425. The highest BCUT2D eigenvalue weighted by Gasteiger charge is 2.16. The van der Waals surface area contributed by atoms with E-state index in [1.54, 1.807) is 10.7 Å². The summed E-state index contributed by atoms with van der Waals surface area (Å²) < 4.78 is 15.4. The number of rotatable bonds is 4. The molecule has 1 aromatic carbocycles. The summed E-state index contributed by atoms with van der Waals surface area (Å²) in [6.07, 6.45) is 0.219. The van der Waals surface area contributed by atoms with Crippen molar-refractivity contribution in [2.24, 2.45) is 0 Å². The van der Waals surface area contributed by atoms with E-state index in [4.69, 9.17) is 0 Å². The molecule has 0 saturated carbocycles. The zero-order valence-corrected chi connectivity index (χ0v) is 12.4. The van der Waals surface area contributed by atoms with Crippen molar-refractivity contribution in [1.29, 1.82) is 0 Å². The number of hydrogen-bond acceptors (Lipinski definition) is 2. The van der Waals surface area contributed by atoms with Crippen molar-refractivity contribution < 1.29 is 9.18 Å². The molecule has 1 heterocycles. The van der Waals surface area contributed by atoms with Gasteiger partial charge < -0.3 is 0 Å². The van der Waals surface area contributed by atoms with Crippen LogP contribution in [0.25, 0.3) is 0 Å². The van der Waals surface area contributed by atoms with Crippen LogP contribution in [-0.2, 0) is 13.0 Å². The van der Waals surface area contributed by atoms with Gasteiger partial charge in [0.05, 0.1) is 16.6 Å². The van der Waals surface area contributed by atoms with Crippen LogP contribution in [0.4, 0.5) is 4.39 Å². The zero-order valence-electron chi connectivity index (χ0n) is 10.8. The molecule has 0 aliphatic heterocycles. The molecule has 19 heavy (non-hydrogen) atoms. The van der Waals surface area contributed by atoms with Crippen molar-refractivity contribution in [3.8, 4) is 0 Å². The average Bonchev–Trinajstić information content (AvgIpc) is 2.72. The summed E-state index contributed by atoms with van der Waals surface area (Å²) in [5.41, 5.74) is 2.09. The van der Waals surface area contributed by atoms with Gasteiger partial charge in [-0.1, -0.05) is 12.1 Å². The molecule has 0 aliphatic carbocycles. The Morgan fingerprint density at radius 1 is 1.47 bits per heavy atom. The maximum atomic E-state index is 13.4. The van der Waals surface area contributed by atoms with Gasteiger partial charge in [-0.05, 0) is 41.9 Å². The van der Waals surface area contributed by atoms with Crippen molar-refractivity contribution in [3.63, 3.8) is 0 Å². The normalized spacial score (nSPS) is 10.7. The molecular weight excluding hydrogens is 311 g/mol. The van der Waals surface area contributed by atoms with Crippen LogP contribution in [0, 0.1) is 12.7 Å². The number of carbonyl (C=O) groups excluding carboxylic acids is 1. The molecule has 2 rings (SSSR count). The molecule has 0 saturated heterocycles. The van der Waals surface area contributed by atoms with Crippen molar-refractivity contribution in [2.45, 2.75) is 26.8 Å². The number of nitrogens with zero attached hydrogens (tertiary/aromatic N) is 2. The molecule has 0 atom stereocenters. The molecule has 2 aromatic rings. The maximum Gasteiger partial charge on any atom is 0.170 e. The second-order valence-electron chi connectivity index (χ2n) is 4.29. The van der Waals surface area contributed by atoms with Gasteiger partial charge in [0, 0.05) is 17.8 Å². The van der Waals surface area contributed by atoms with Crippen molar-refractivity contribution in [1.82, 2.24) is 9.78 Å². The van der Waals surface area contributed by atoms with E-state index < -0.39 is 5.82 Å². The third-order valence-electron chi connectivity index (χ3n) is 2.88. The molecule has 0 amide bonds. The van der Waals surface area contributed by atoms with Gasteiger partial charge in [-0.25, -0.2) is 4.39 Å². The van der Waals surface area contributed by atoms with Crippen LogP contribution in [0.5, 0.6) is 0 Å². The summed E-state index contributed by atoms with van der Waals surface area (Å²) in [5.74, 6) is -0.549. The lowest BCUT2D eigenvalue weighted by molar-refractivity contribution is 0.0989. The number of hydrogen-bond donors (Lipinski definition) is 0. The second kappa shape index (κ2) is 5.65. The zero-order chi connectivity index (χ0) is 14.0. The summed E-state index contributed by atoms with van der Waals surface area (Å²) in [6.45, 7) is 4.57. The molecule has 0 unspecified atom stereocenters. The van der Waals surface area contributed by atoms with E-state index in [0.29, 0.717) is 12.1 Å². The van der Waals surface area contributed by atoms with Crippen molar-refractivity contribution >= 4 is 21.7 Å². The molecule has 0 N–H and O–H groups in total. The highest BCUT2D eigenvalue weighted by Crippen LogP contribution is 2.22. The predicted molar refractivity (Wildman–Crippen MR) is 74.8 cm³/mol. The number of aromatic nitrogens is 2. The highest BCUT2D eigenvalue weighted by molar-refractivity contribution is 9.10. The fourth-order valence-electron chi connectivity index (χ4n) is 1.99. The van der Waals surface area contributed by atoms with Gasteiger partial charge in [0.2, 0.25) is 0 Å². The fourth-order valence-corrected chi connectivity index (χ4v) is 2.48. The lowest BCUT2D eigenvalue weighted by atomic mass is 10.1. The lowest BCUT2D eigenvalue weighted by Crippen LogP contribution is -2.10. The van der Waals surface area contributed by atoms with Crippen LogP contribution in [-0.4, -0.2) is 15.6 Å². The highest BCUT2D eigenvalue weighted by atomic mass is 79.9. The number of aryl methyl sites for hydroxylation is 2. The summed E-state index contributed by atoms with van der Waals surface area (Å²) in [6, 6.07) is 6.36. The quantitative estimate of drug-likeness (QED) is 0.806. The topological polar surface area (TPSA) is 34.9 Å². The first-order chi connectivity index (χ1) is 9.02. The largest absolute Gasteiger partial charge is 0.294 e. The third kappa shape index (κ3) is 2.92. The van der Waals surface area contributed by atoms with Crippen molar-refractivity contribution in [3.05, 3.63) is 51.5 Å². The Morgan fingerprint density at radius 3 is 2.89 bits per heavy atom. The summed E-state index contributed by atoms with van der Waals surface area (Å²) >= 11 is 3.12.